The average Bonchev–Trinajstić information content (AvgIpc) is 2.75. The molecule has 4 nitrogen and oxygen atoms in total. The molecule has 88 valence electrons. The second-order valence-corrected chi connectivity index (χ2v) is 4.35. The fraction of sp³-hybridized carbons (Fsp3) is 0.308. The first-order valence-electron chi connectivity index (χ1n) is 5.76. The highest BCUT2D eigenvalue weighted by atomic mass is 16.3. The number of carbonyl (C=O) groups is 1. The number of hydrogen-bond donors (Lipinski definition) is 2. The molecule has 1 amide bonds. The number of rotatable bonds is 1. The van der Waals surface area contributed by atoms with Crippen molar-refractivity contribution >= 4 is 16.8 Å². The molecule has 4 heteroatoms. The lowest BCUT2D eigenvalue weighted by molar-refractivity contribution is -0.135. The van der Waals surface area contributed by atoms with Gasteiger partial charge in [0.25, 0.3) is 0 Å². The van der Waals surface area contributed by atoms with Crippen molar-refractivity contribution in [2.75, 3.05) is 13.2 Å². The molecule has 0 radical (unpaired) electrons. The minimum atomic E-state index is -0.405. The van der Waals surface area contributed by atoms with E-state index in [1.54, 1.807) is 4.90 Å². The fourth-order valence-corrected chi connectivity index (χ4v) is 2.48. The molecule has 17 heavy (non-hydrogen) atoms. The Labute approximate surface area is 98.9 Å². The van der Waals surface area contributed by atoms with Crippen molar-refractivity contribution in [2.45, 2.75) is 13.0 Å². The first-order chi connectivity index (χ1) is 8.29. The molecule has 0 saturated heterocycles. The number of benzene rings is 1. The lowest BCUT2D eigenvalue weighted by Gasteiger charge is -2.26. The second kappa shape index (κ2) is 3.89. The number of aliphatic hydroxyl groups excluding tert-OH is 1. The summed E-state index contributed by atoms with van der Waals surface area (Å²) in [5.41, 5.74) is 3.53. The van der Waals surface area contributed by atoms with Crippen molar-refractivity contribution in [3.63, 3.8) is 0 Å². The zero-order chi connectivity index (χ0) is 11.8. The fourth-order valence-electron chi connectivity index (χ4n) is 2.48. The third kappa shape index (κ3) is 1.61. The van der Waals surface area contributed by atoms with Crippen molar-refractivity contribution in [3.8, 4) is 0 Å². The van der Waals surface area contributed by atoms with Crippen LogP contribution in [0.3, 0.4) is 0 Å². The van der Waals surface area contributed by atoms with Crippen molar-refractivity contribution in [2.24, 2.45) is 0 Å². The zero-order valence-electron chi connectivity index (χ0n) is 9.44. The predicted octanol–water partition coefficient (Wildman–Crippen LogP) is 1.04. The largest absolute Gasteiger partial charge is 0.387 e. The van der Waals surface area contributed by atoms with Crippen LogP contribution in [0, 0.1) is 0 Å². The minimum absolute atomic E-state index is 0.194. The highest BCUT2D eigenvalue weighted by Gasteiger charge is 2.23. The van der Waals surface area contributed by atoms with Crippen LogP contribution in [0.5, 0.6) is 0 Å². The summed E-state index contributed by atoms with van der Waals surface area (Å²) in [7, 11) is 0. The van der Waals surface area contributed by atoms with Crippen LogP contribution >= 0.6 is 0 Å². The van der Waals surface area contributed by atoms with Crippen LogP contribution in [-0.2, 0) is 17.8 Å². The minimum Gasteiger partial charge on any atom is -0.387 e. The van der Waals surface area contributed by atoms with Crippen LogP contribution in [0.15, 0.2) is 24.3 Å². The molecule has 0 bridgehead atoms. The van der Waals surface area contributed by atoms with E-state index in [0.717, 1.165) is 11.9 Å². The Hall–Kier alpha value is -1.81. The van der Waals surface area contributed by atoms with Gasteiger partial charge in [-0.05, 0) is 6.07 Å². The lowest BCUT2D eigenvalue weighted by atomic mass is 10.0. The average molecular weight is 230 g/mol. The summed E-state index contributed by atoms with van der Waals surface area (Å²) in [5, 5.41) is 10.1. The molecule has 2 aromatic rings. The number of nitrogens with zero attached hydrogens (tertiary/aromatic N) is 1. The lowest BCUT2D eigenvalue weighted by Crippen LogP contribution is -2.37. The van der Waals surface area contributed by atoms with E-state index in [1.165, 1.54) is 16.6 Å². The van der Waals surface area contributed by atoms with Gasteiger partial charge in [0.1, 0.15) is 6.61 Å². The number of aromatic nitrogens is 1. The van der Waals surface area contributed by atoms with E-state index in [4.69, 9.17) is 5.11 Å². The Bertz CT molecular complexity index is 574. The molecular formula is C13H14N2O2. The van der Waals surface area contributed by atoms with Crippen LogP contribution in [0.1, 0.15) is 11.3 Å². The van der Waals surface area contributed by atoms with Gasteiger partial charge in [-0.2, -0.15) is 0 Å². The van der Waals surface area contributed by atoms with Crippen molar-refractivity contribution < 1.29 is 9.90 Å². The standard InChI is InChI=1S/C13H14N2O2/c16-8-13(17)15-6-5-12-10(7-15)9-3-1-2-4-11(9)14-12/h1-4,14,16H,5-8H2. The number of nitrogens with one attached hydrogen (secondary N) is 1. The highest BCUT2D eigenvalue weighted by molar-refractivity contribution is 5.86. The number of carbonyl (C=O) groups excluding carboxylic acids is 1. The third-order valence-corrected chi connectivity index (χ3v) is 3.37. The molecule has 1 aliphatic heterocycles. The third-order valence-electron chi connectivity index (χ3n) is 3.37. The number of aromatic amines is 1. The summed E-state index contributed by atoms with van der Waals surface area (Å²) in [6.45, 7) is 0.871. The maximum Gasteiger partial charge on any atom is 0.248 e. The molecule has 3 rings (SSSR count). The van der Waals surface area contributed by atoms with Crippen molar-refractivity contribution in [1.82, 2.24) is 9.88 Å². The molecule has 2 N–H and O–H groups in total. The first-order valence-corrected chi connectivity index (χ1v) is 5.76. The topological polar surface area (TPSA) is 56.3 Å². The van der Waals surface area contributed by atoms with Gasteiger partial charge < -0.3 is 15.0 Å². The molecule has 0 atom stereocenters. The summed E-state index contributed by atoms with van der Waals surface area (Å²) in [6, 6.07) is 8.12. The van der Waals surface area contributed by atoms with Crippen LogP contribution in [-0.4, -0.2) is 34.0 Å². The number of hydrogen-bond acceptors (Lipinski definition) is 2. The SMILES string of the molecule is O=C(CO)N1CCc2[nH]c3ccccc3c2C1. The summed E-state index contributed by atoms with van der Waals surface area (Å²) in [6.07, 6.45) is 0.829. The zero-order valence-corrected chi connectivity index (χ0v) is 9.44. The molecule has 0 unspecified atom stereocenters. The monoisotopic (exact) mass is 230 g/mol. The number of amides is 1. The Balaban J connectivity index is 2.03. The molecule has 0 aliphatic carbocycles. The molecule has 0 fully saturated rings. The Morgan fingerprint density at radius 3 is 3.06 bits per heavy atom. The van der Waals surface area contributed by atoms with Gasteiger partial charge in [-0.1, -0.05) is 18.2 Å². The Morgan fingerprint density at radius 2 is 2.24 bits per heavy atom. The van der Waals surface area contributed by atoms with E-state index >= 15 is 0 Å². The maximum atomic E-state index is 11.5. The number of para-hydroxylation sites is 1. The summed E-state index contributed by atoms with van der Waals surface area (Å²) in [5.74, 6) is -0.194. The maximum absolute atomic E-state index is 11.5. The van der Waals surface area contributed by atoms with E-state index in [9.17, 15) is 4.79 Å². The van der Waals surface area contributed by atoms with Crippen LogP contribution in [0.25, 0.3) is 10.9 Å². The van der Waals surface area contributed by atoms with E-state index in [2.05, 4.69) is 11.1 Å². The summed E-state index contributed by atoms with van der Waals surface area (Å²) >= 11 is 0. The van der Waals surface area contributed by atoms with Crippen molar-refractivity contribution in [3.05, 3.63) is 35.5 Å². The summed E-state index contributed by atoms with van der Waals surface area (Å²) in [4.78, 5) is 16.6. The van der Waals surface area contributed by atoms with Gasteiger partial charge in [-0.15, -0.1) is 0 Å². The normalized spacial score (nSPS) is 15.0. The Morgan fingerprint density at radius 1 is 1.41 bits per heavy atom. The predicted molar refractivity (Wildman–Crippen MR) is 64.5 cm³/mol. The molecule has 1 aromatic heterocycles. The van der Waals surface area contributed by atoms with Gasteiger partial charge >= 0.3 is 0 Å². The van der Waals surface area contributed by atoms with Gasteiger partial charge in [0.2, 0.25) is 5.91 Å². The van der Waals surface area contributed by atoms with E-state index in [-0.39, 0.29) is 5.91 Å². The molecule has 2 heterocycles. The Kier molecular flexibility index (Phi) is 2.37. The second-order valence-electron chi connectivity index (χ2n) is 4.35. The van der Waals surface area contributed by atoms with E-state index in [0.29, 0.717) is 13.1 Å². The molecule has 0 spiro atoms. The van der Waals surface area contributed by atoms with Crippen LogP contribution in [0.2, 0.25) is 0 Å². The van der Waals surface area contributed by atoms with Crippen LogP contribution in [0.4, 0.5) is 0 Å². The number of fused-ring (bicyclic) bond motifs is 3. The van der Waals surface area contributed by atoms with Gasteiger partial charge in [0, 0.05) is 41.7 Å². The molecule has 1 aliphatic rings. The molecule has 0 saturated carbocycles. The van der Waals surface area contributed by atoms with Crippen LogP contribution < -0.4 is 0 Å². The van der Waals surface area contributed by atoms with E-state index in [1.807, 2.05) is 18.2 Å². The quantitative estimate of drug-likeness (QED) is 0.769. The van der Waals surface area contributed by atoms with E-state index < -0.39 is 6.61 Å². The first kappa shape index (κ1) is 10.4. The van der Waals surface area contributed by atoms with Gasteiger partial charge in [-0.25, -0.2) is 0 Å². The smallest absolute Gasteiger partial charge is 0.248 e. The molecule has 1 aromatic carbocycles. The molecular weight excluding hydrogens is 216 g/mol. The number of H-pyrrole nitrogens is 1. The highest BCUT2D eigenvalue weighted by Crippen LogP contribution is 2.27. The van der Waals surface area contributed by atoms with Gasteiger partial charge in [-0.3, -0.25) is 4.79 Å². The number of aliphatic hydroxyl groups is 1. The van der Waals surface area contributed by atoms with Crippen molar-refractivity contribution in [1.29, 1.82) is 0 Å². The van der Waals surface area contributed by atoms with Gasteiger partial charge in [0.15, 0.2) is 0 Å². The van der Waals surface area contributed by atoms with Gasteiger partial charge in [0.05, 0.1) is 0 Å². The summed E-state index contributed by atoms with van der Waals surface area (Å²) < 4.78 is 0.